The van der Waals surface area contributed by atoms with Crippen LogP contribution < -0.4 is 10.5 Å². The minimum atomic E-state index is -2.57. The maximum atomic E-state index is 12.2. The zero-order valence-electron chi connectivity index (χ0n) is 7.13. The number of ether oxygens (including phenoxy) is 1. The monoisotopic (exact) mass is 188 g/mol. The molecule has 0 amide bonds. The summed E-state index contributed by atoms with van der Waals surface area (Å²) in [6.07, 6.45) is -1.32. The summed E-state index contributed by atoms with van der Waals surface area (Å²) in [6, 6.07) is 1.25. The van der Waals surface area contributed by atoms with Crippen LogP contribution in [-0.2, 0) is 6.54 Å². The van der Waals surface area contributed by atoms with Crippen molar-refractivity contribution in [2.45, 2.75) is 13.0 Å². The van der Waals surface area contributed by atoms with Crippen LogP contribution >= 0.6 is 0 Å². The van der Waals surface area contributed by atoms with Crippen molar-refractivity contribution in [1.29, 1.82) is 0 Å². The van der Waals surface area contributed by atoms with Crippen molar-refractivity contribution in [3.05, 3.63) is 23.5 Å². The van der Waals surface area contributed by atoms with Crippen LogP contribution in [0.4, 0.5) is 8.78 Å². The van der Waals surface area contributed by atoms with Crippen LogP contribution in [-0.4, -0.2) is 12.1 Å². The van der Waals surface area contributed by atoms with Gasteiger partial charge in [-0.1, -0.05) is 0 Å². The van der Waals surface area contributed by atoms with Crippen molar-refractivity contribution in [2.24, 2.45) is 5.73 Å². The van der Waals surface area contributed by atoms with Gasteiger partial charge in [0.1, 0.15) is 11.4 Å². The number of hydrogen-bond donors (Lipinski definition) is 1. The Morgan fingerprint density at radius 2 is 2.31 bits per heavy atom. The molecule has 0 aliphatic heterocycles. The smallest absolute Gasteiger partial charge is 0.280 e. The third kappa shape index (κ3) is 2.12. The fourth-order valence-electron chi connectivity index (χ4n) is 0.966. The van der Waals surface area contributed by atoms with Crippen LogP contribution in [0, 0.1) is 0 Å². The van der Waals surface area contributed by atoms with E-state index in [1.54, 1.807) is 0 Å². The van der Waals surface area contributed by atoms with Crippen molar-refractivity contribution in [1.82, 2.24) is 4.98 Å². The van der Waals surface area contributed by atoms with Gasteiger partial charge in [-0.25, -0.2) is 8.78 Å². The molecule has 0 saturated heterocycles. The summed E-state index contributed by atoms with van der Waals surface area (Å²) >= 11 is 0. The number of rotatable bonds is 3. The van der Waals surface area contributed by atoms with Crippen molar-refractivity contribution in [3.63, 3.8) is 0 Å². The largest absolute Gasteiger partial charge is 0.495 e. The Hall–Kier alpha value is -1.23. The molecule has 1 heterocycles. The lowest BCUT2D eigenvalue weighted by Gasteiger charge is -2.07. The second kappa shape index (κ2) is 4.13. The van der Waals surface area contributed by atoms with Crippen LogP contribution in [0.25, 0.3) is 0 Å². The lowest BCUT2D eigenvalue weighted by molar-refractivity contribution is 0.146. The maximum Gasteiger partial charge on any atom is 0.280 e. The van der Waals surface area contributed by atoms with Gasteiger partial charge in [0.15, 0.2) is 0 Å². The SMILES string of the molecule is COc1cnc(C(F)F)cc1CN. The van der Waals surface area contributed by atoms with E-state index in [1.807, 2.05) is 0 Å². The molecular formula is C8H10F2N2O. The number of aromatic nitrogens is 1. The molecular weight excluding hydrogens is 178 g/mol. The topological polar surface area (TPSA) is 48.1 Å². The first-order valence-corrected chi connectivity index (χ1v) is 3.70. The van der Waals surface area contributed by atoms with E-state index >= 15 is 0 Å². The number of nitrogens with zero attached hydrogens (tertiary/aromatic N) is 1. The van der Waals surface area contributed by atoms with Gasteiger partial charge in [-0.15, -0.1) is 0 Å². The minimum Gasteiger partial charge on any atom is -0.495 e. The molecule has 0 atom stereocenters. The van der Waals surface area contributed by atoms with Crippen LogP contribution in [0.1, 0.15) is 17.7 Å². The van der Waals surface area contributed by atoms with Gasteiger partial charge < -0.3 is 10.5 Å². The highest BCUT2D eigenvalue weighted by molar-refractivity contribution is 5.32. The second-order valence-corrected chi connectivity index (χ2v) is 2.43. The molecule has 0 radical (unpaired) electrons. The van der Waals surface area contributed by atoms with E-state index in [2.05, 4.69) is 4.98 Å². The Kier molecular flexibility index (Phi) is 3.13. The normalized spacial score (nSPS) is 10.5. The molecule has 3 nitrogen and oxygen atoms in total. The van der Waals surface area contributed by atoms with Gasteiger partial charge in [0.25, 0.3) is 6.43 Å². The van der Waals surface area contributed by atoms with Gasteiger partial charge in [0.2, 0.25) is 0 Å². The first kappa shape index (κ1) is 9.85. The van der Waals surface area contributed by atoms with Gasteiger partial charge >= 0.3 is 0 Å². The molecule has 0 aromatic carbocycles. The molecule has 0 bridgehead atoms. The molecule has 2 N–H and O–H groups in total. The summed E-state index contributed by atoms with van der Waals surface area (Å²) in [7, 11) is 1.44. The van der Waals surface area contributed by atoms with Gasteiger partial charge in [0, 0.05) is 12.1 Å². The molecule has 0 unspecified atom stereocenters. The Bertz CT molecular complexity index is 291. The van der Waals surface area contributed by atoms with Crippen molar-refractivity contribution < 1.29 is 13.5 Å². The van der Waals surface area contributed by atoms with E-state index in [0.717, 1.165) is 0 Å². The highest BCUT2D eigenvalue weighted by Crippen LogP contribution is 2.22. The van der Waals surface area contributed by atoms with Crippen LogP contribution in [0.3, 0.4) is 0 Å². The third-order valence-electron chi connectivity index (χ3n) is 1.63. The Balaban J connectivity index is 3.05. The summed E-state index contributed by atoms with van der Waals surface area (Å²) < 4.78 is 29.2. The predicted molar refractivity (Wildman–Crippen MR) is 43.6 cm³/mol. The lowest BCUT2D eigenvalue weighted by Crippen LogP contribution is -2.02. The summed E-state index contributed by atoms with van der Waals surface area (Å²) in [5.41, 5.74) is 5.60. The molecule has 5 heteroatoms. The first-order valence-electron chi connectivity index (χ1n) is 3.70. The number of methoxy groups -OCH3 is 1. The van der Waals surface area contributed by atoms with Gasteiger partial charge in [-0.2, -0.15) is 0 Å². The number of hydrogen-bond acceptors (Lipinski definition) is 3. The Morgan fingerprint density at radius 3 is 2.77 bits per heavy atom. The average molecular weight is 188 g/mol. The zero-order chi connectivity index (χ0) is 9.84. The van der Waals surface area contributed by atoms with Crippen molar-refractivity contribution in [3.8, 4) is 5.75 Å². The van der Waals surface area contributed by atoms with E-state index in [9.17, 15) is 8.78 Å². The molecule has 0 fully saturated rings. The van der Waals surface area contributed by atoms with E-state index in [-0.39, 0.29) is 12.2 Å². The van der Waals surface area contributed by atoms with Crippen molar-refractivity contribution in [2.75, 3.05) is 7.11 Å². The molecule has 1 rings (SSSR count). The molecule has 1 aromatic rings. The van der Waals surface area contributed by atoms with Crippen LogP contribution in [0.2, 0.25) is 0 Å². The van der Waals surface area contributed by atoms with Crippen LogP contribution in [0.5, 0.6) is 5.75 Å². The van der Waals surface area contributed by atoms with Gasteiger partial charge in [-0.05, 0) is 6.07 Å². The predicted octanol–water partition coefficient (Wildman–Crippen LogP) is 1.49. The highest BCUT2D eigenvalue weighted by Gasteiger charge is 2.11. The Labute approximate surface area is 74.5 Å². The van der Waals surface area contributed by atoms with E-state index in [0.29, 0.717) is 11.3 Å². The minimum absolute atomic E-state index is 0.158. The first-order chi connectivity index (χ1) is 6.19. The molecule has 0 aliphatic rings. The van der Waals surface area contributed by atoms with Crippen molar-refractivity contribution >= 4 is 0 Å². The quantitative estimate of drug-likeness (QED) is 0.781. The number of pyridine rings is 1. The summed E-state index contributed by atoms with van der Waals surface area (Å²) in [5, 5.41) is 0. The number of alkyl halides is 2. The molecule has 0 spiro atoms. The third-order valence-corrected chi connectivity index (χ3v) is 1.63. The summed E-state index contributed by atoms with van der Waals surface area (Å²) in [4.78, 5) is 3.53. The molecule has 72 valence electrons. The number of nitrogens with two attached hydrogens (primary N) is 1. The Morgan fingerprint density at radius 1 is 1.62 bits per heavy atom. The van der Waals surface area contributed by atoms with E-state index in [4.69, 9.17) is 10.5 Å². The summed E-state index contributed by atoms with van der Waals surface area (Å²) in [5.74, 6) is 0.437. The van der Waals surface area contributed by atoms with E-state index in [1.165, 1.54) is 19.4 Å². The fourth-order valence-corrected chi connectivity index (χ4v) is 0.966. The molecule has 0 aliphatic carbocycles. The summed E-state index contributed by atoms with van der Waals surface area (Å²) in [6.45, 7) is 0.158. The zero-order valence-corrected chi connectivity index (χ0v) is 7.13. The second-order valence-electron chi connectivity index (χ2n) is 2.43. The average Bonchev–Trinajstić information content (AvgIpc) is 2.16. The lowest BCUT2D eigenvalue weighted by atomic mass is 10.2. The van der Waals surface area contributed by atoms with Gasteiger partial charge in [-0.3, -0.25) is 4.98 Å². The molecule has 13 heavy (non-hydrogen) atoms. The van der Waals surface area contributed by atoms with Gasteiger partial charge in [0.05, 0.1) is 13.3 Å². The highest BCUT2D eigenvalue weighted by atomic mass is 19.3. The maximum absolute atomic E-state index is 12.2. The fraction of sp³-hybridized carbons (Fsp3) is 0.375. The number of halogens is 2. The molecule has 0 saturated carbocycles. The standard InChI is InChI=1S/C8H10F2N2O/c1-13-7-4-12-6(8(9)10)2-5(7)3-11/h2,4,8H,3,11H2,1H3. The van der Waals surface area contributed by atoms with E-state index < -0.39 is 6.43 Å². The molecule has 1 aromatic heterocycles. The van der Waals surface area contributed by atoms with Crippen LogP contribution in [0.15, 0.2) is 12.3 Å².